The predicted molar refractivity (Wildman–Crippen MR) is 114 cm³/mol. The van der Waals surface area contributed by atoms with Crippen molar-refractivity contribution in [1.29, 1.82) is 0 Å². The molecule has 146 valence electrons. The fourth-order valence-corrected chi connectivity index (χ4v) is 3.35. The third kappa shape index (κ3) is 4.88. The summed E-state index contributed by atoms with van der Waals surface area (Å²) in [5.74, 6) is 0.960. The molecule has 0 fully saturated rings. The Morgan fingerprint density at radius 1 is 1.03 bits per heavy atom. The molecule has 0 radical (unpaired) electrons. The Hall–Kier alpha value is -3.02. The molecule has 0 saturated heterocycles. The number of anilines is 1. The van der Waals surface area contributed by atoms with E-state index in [-0.39, 0.29) is 12.5 Å². The van der Waals surface area contributed by atoms with E-state index in [1.54, 1.807) is 24.3 Å². The number of ether oxygens (including phenoxy) is 1. The van der Waals surface area contributed by atoms with Gasteiger partial charge in [0.2, 0.25) is 0 Å². The summed E-state index contributed by atoms with van der Waals surface area (Å²) < 4.78 is 11.2. The predicted octanol–water partition coefficient (Wildman–Crippen LogP) is 5.74. The number of carbonyl (C=O) groups excluding carboxylic acids is 1. The first-order valence-corrected chi connectivity index (χ1v) is 9.63. The maximum absolute atomic E-state index is 12.0. The molecule has 29 heavy (non-hydrogen) atoms. The molecule has 1 heterocycles. The number of carbonyl (C=O) groups is 1. The number of benzene rings is 3. The van der Waals surface area contributed by atoms with E-state index in [0.29, 0.717) is 44.9 Å². The van der Waals surface area contributed by atoms with E-state index >= 15 is 0 Å². The molecule has 1 aromatic heterocycles. The standard InChI is InChI=1S/C22H16Cl2N2O3/c23-15-11-18(24)22-19(12-15)26-21(29-22)10-14-6-8-16(9-7-14)25-20(27)13-28-17-4-2-1-3-5-17/h1-9,11-12H,10,13H2,(H,25,27). The summed E-state index contributed by atoms with van der Waals surface area (Å²) in [5, 5.41) is 3.75. The van der Waals surface area contributed by atoms with Crippen molar-refractivity contribution in [3.63, 3.8) is 0 Å². The van der Waals surface area contributed by atoms with E-state index in [1.165, 1.54) is 0 Å². The van der Waals surface area contributed by atoms with E-state index in [2.05, 4.69) is 10.3 Å². The van der Waals surface area contributed by atoms with Crippen LogP contribution in [0.15, 0.2) is 71.1 Å². The minimum absolute atomic E-state index is 0.0576. The molecule has 0 saturated carbocycles. The first kappa shape index (κ1) is 19.3. The van der Waals surface area contributed by atoms with Crippen LogP contribution in [0, 0.1) is 0 Å². The number of nitrogens with zero attached hydrogens (tertiary/aromatic N) is 1. The normalized spacial score (nSPS) is 10.8. The van der Waals surface area contributed by atoms with Gasteiger partial charge in [-0.25, -0.2) is 4.98 Å². The van der Waals surface area contributed by atoms with Gasteiger partial charge in [0, 0.05) is 17.1 Å². The summed E-state index contributed by atoms with van der Waals surface area (Å²) in [6.07, 6.45) is 0.494. The van der Waals surface area contributed by atoms with Crippen molar-refractivity contribution < 1.29 is 13.9 Å². The number of halogens is 2. The summed E-state index contributed by atoms with van der Waals surface area (Å²) in [6.45, 7) is -0.0576. The highest BCUT2D eigenvalue weighted by Gasteiger charge is 2.11. The monoisotopic (exact) mass is 426 g/mol. The molecule has 0 bridgehead atoms. The number of amides is 1. The Balaban J connectivity index is 1.36. The quantitative estimate of drug-likeness (QED) is 0.426. The van der Waals surface area contributed by atoms with Gasteiger partial charge in [-0.3, -0.25) is 4.79 Å². The molecule has 7 heteroatoms. The van der Waals surface area contributed by atoms with Crippen molar-refractivity contribution in [3.8, 4) is 5.75 Å². The minimum Gasteiger partial charge on any atom is -0.484 e. The van der Waals surface area contributed by atoms with Gasteiger partial charge in [-0.2, -0.15) is 0 Å². The number of rotatable bonds is 6. The lowest BCUT2D eigenvalue weighted by Gasteiger charge is -2.08. The lowest BCUT2D eigenvalue weighted by molar-refractivity contribution is -0.118. The molecule has 0 atom stereocenters. The molecular formula is C22H16Cl2N2O3. The number of para-hydroxylation sites is 1. The lowest BCUT2D eigenvalue weighted by Crippen LogP contribution is -2.20. The van der Waals surface area contributed by atoms with Crippen molar-refractivity contribution in [2.45, 2.75) is 6.42 Å². The molecule has 1 N–H and O–H groups in total. The van der Waals surface area contributed by atoms with Crippen LogP contribution < -0.4 is 10.1 Å². The highest BCUT2D eigenvalue weighted by atomic mass is 35.5. The first-order valence-electron chi connectivity index (χ1n) is 8.88. The van der Waals surface area contributed by atoms with Crippen LogP contribution in [0.2, 0.25) is 10.0 Å². The summed E-state index contributed by atoms with van der Waals surface area (Å²) in [5.41, 5.74) is 2.81. The molecule has 0 unspecified atom stereocenters. The number of aromatic nitrogens is 1. The topological polar surface area (TPSA) is 64.4 Å². The van der Waals surface area contributed by atoms with Crippen LogP contribution in [0.25, 0.3) is 11.1 Å². The largest absolute Gasteiger partial charge is 0.484 e. The van der Waals surface area contributed by atoms with Gasteiger partial charge in [0.25, 0.3) is 5.91 Å². The van der Waals surface area contributed by atoms with Gasteiger partial charge in [-0.1, -0.05) is 53.5 Å². The summed E-state index contributed by atoms with van der Waals surface area (Å²) in [6, 6.07) is 20.0. The van der Waals surface area contributed by atoms with E-state index < -0.39 is 0 Å². The number of hydrogen-bond donors (Lipinski definition) is 1. The molecule has 4 rings (SSSR count). The van der Waals surface area contributed by atoms with Crippen molar-refractivity contribution in [2.75, 3.05) is 11.9 Å². The zero-order valence-corrected chi connectivity index (χ0v) is 16.7. The Morgan fingerprint density at radius 2 is 1.79 bits per heavy atom. The Labute approximate surface area is 177 Å². The van der Waals surface area contributed by atoms with Gasteiger partial charge in [-0.05, 0) is 42.0 Å². The zero-order chi connectivity index (χ0) is 20.2. The second-order valence-corrected chi connectivity index (χ2v) is 7.21. The molecule has 5 nitrogen and oxygen atoms in total. The summed E-state index contributed by atoms with van der Waals surface area (Å²) in [7, 11) is 0. The van der Waals surface area contributed by atoms with Crippen LogP contribution in [-0.2, 0) is 11.2 Å². The van der Waals surface area contributed by atoms with Crippen LogP contribution >= 0.6 is 23.2 Å². The fraction of sp³-hybridized carbons (Fsp3) is 0.0909. The maximum atomic E-state index is 12.0. The summed E-state index contributed by atoms with van der Waals surface area (Å²) in [4.78, 5) is 16.5. The Morgan fingerprint density at radius 3 is 2.55 bits per heavy atom. The van der Waals surface area contributed by atoms with Gasteiger partial charge < -0.3 is 14.5 Å². The van der Waals surface area contributed by atoms with Crippen LogP contribution in [0.4, 0.5) is 5.69 Å². The van der Waals surface area contributed by atoms with Crippen molar-refractivity contribution in [2.24, 2.45) is 0 Å². The van der Waals surface area contributed by atoms with Crippen molar-refractivity contribution >= 4 is 45.9 Å². The molecule has 0 aliphatic rings. The van der Waals surface area contributed by atoms with Crippen LogP contribution in [0.3, 0.4) is 0 Å². The third-order valence-electron chi connectivity index (χ3n) is 4.16. The molecule has 4 aromatic rings. The maximum Gasteiger partial charge on any atom is 0.262 e. The molecule has 3 aromatic carbocycles. The smallest absolute Gasteiger partial charge is 0.262 e. The Bertz CT molecular complexity index is 1140. The number of fused-ring (bicyclic) bond motifs is 1. The van der Waals surface area contributed by atoms with Gasteiger partial charge >= 0.3 is 0 Å². The van der Waals surface area contributed by atoms with Crippen LogP contribution in [-0.4, -0.2) is 17.5 Å². The zero-order valence-electron chi connectivity index (χ0n) is 15.2. The SMILES string of the molecule is O=C(COc1ccccc1)Nc1ccc(Cc2nc3cc(Cl)cc(Cl)c3o2)cc1. The van der Waals surface area contributed by atoms with Gasteiger partial charge in [0.1, 0.15) is 11.3 Å². The molecule has 1 amide bonds. The van der Waals surface area contributed by atoms with E-state index in [9.17, 15) is 4.79 Å². The van der Waals surface area contributed by atoms with Crippen molar-refractivity contribution in [1.82, 2.24) is 4.98 Å². The molecular weight excluding hydrogens is 411 g/mol. The van der Waals surface area contributed by atoms with E-state index in [1.807, 2.05) is 42.5 Å². The highest BCUT2D eigenvalue weighted by molar-refractivity contribution is 6.37. The third-order valence-corrected chi connectivity index (χ3v) is 4.66. The second-order valence-electron chi connectivity index (χ2n) is 6.37. The molecule has 0 aliphatic carbocycles. The second kappa shape index (κ2) is 8.55. The first-order chi connectivity index (χ1) is 14.1. The fourth-order valence-electron chi connectivity index (χ4n) is 2.82. The number of oxazole rings is 1. The Kier molecular flexibility index (Phi) is 5.69. The van der Waals surface area contributed by atoms with Crippen LogP contribution in [0.5, 0.6) is 5.75 Å². The number of hydrogen-bond acceptors (Lipinski definition) is 4. The lowest BCUT2D eigenvalue weighted by atomic mass is 10.1. The van der Waals surface area contributed by atoms with E-state index in [0.717, 1.165) is 5.56 Å². The average Bonchev–Trinajstić information content (AvgIpc) is 3.11. The van der Waals surface area contributed by atoms with E-state index in [4.69, 9.17) is 32.4 Å². The molecule has 0 aliphatic heterocycles. The summed E-state index contributed by atoms with van der Waals surface area (Å²) >= 11 is 12.1. The van der Waals surface area contributed by atoms with Crippen molar-refractivity contribution in [3.05, 3.63) is 88.2 Å². The van der Waals surface area contributed by atoms with Gasteiger partial charge in [0.15, 0.2) is 18.1 Å². The van der Waals surface area contributed by atoms with Gasteiger partial charge in [0.05, 0.1) is 5.02 Å². The van der Waals surface area contributed by atoms with Gasteiger partial charge in [-0.15, -0.1) is 0 Å². The average molecular weight is 427 g/mol. The van der Waals surface area contributed by atoms with Crippen LogP contribution in [0.1, 0.15) is 11.5 Å². The number of nitrogens with one attached hydrogen (secondary N) is 1. The minimum atomic E-state index is -0.230. The highest BCUT2D eigenvalue weighted by Crippen LogP contribution is 2.29. The molecule has 0 spiro atoms.